The normalized spacial score (nSPS) is 10.3. The number of amides is 2. The van der Waals surface area contributed by atoms with E-state index in [0.717, 1.165) is 10.0 Å². The van der Waals surface area contributed by atoms with E-state index in [0.29, 0.717) is 11.3 Å². The Morgan fingerprint density at radius 3 is 2.35 bits per heavy atom. The summed E-state index contributed by atoms with van der Waals surface area (Å²) in [5.74, 6) is -1.43. The first-order valence-corrected chi connectivity index (χ1v) is 8.76. The zero-order chi connectivity index (χ0) is 19.1. The van der Waals surface area contributed by atoms with Gasteiger partial charge >= 0.3 is 0 Å². The quantitative estimate of drug-likeness (QED) is 0.671. The van der Waals surface area contributed by atoms with Crippen molar-refractivity contribution in [3.8, 4) is 0 Å². The fraction of sp³-hybridized carbons (Fsp3) is 0.211. The van der Waals surface area contributed by atoms with E-state index in [9.17, 15) is 18.8 Å². The lowest BCUT2D eigenvalue weighted by Crippen LogP contribution is -2.33. The van der Waals surface area contributed by atoms with Crippen LogP contribution in [0.15, 0.2) is 46.9 Å². The maximum absolute atomic E-state index is 12.8. The molecule has 2 rings (SSSR count). The number of aryl methyl sites for hydroxylation is 1. The van der Waals surface area contributed by atoms with E-state index in [1.54, 1.807) is 6.07 Å². The number of hydrogen-bond acceptors (Lipinski definition) is 3. The van der Waals surface area contributed by atoms with Crippen molar-refractivity contribution < 1.29 is 18.8 Å². The molecular weight excluding hydrogens is 403 g/mol. The molecule has 5 nitrogen and oxygen atoms in total. The minimum absolute atomic E-state index is 0.00902. The number of anilines is 1. The predicted molar refractivity (Wildman–Crippen MR) is 100 cm³/mol. The molecule has 0 unspecified atom stereocenters. The van der Waals surface area contributed by atoms with Gasteiger partial charge in [0.05, 0.1) is 6.54 Å². The summed E-state index contributed by atoms with van der Waals surface area (Å²) in [4.78, 5) is 35.6. The average molecular weight is 421 g/mol. The van der Waals surface area contributed by atoms with Gasteiger partial charge in [0.1, 0.15) is 5.82 Å². The molecule has 0 atom stereocenters. The smallest absolute Gasteiger partial charge is 0.243 e. The van der Waals surface area contributed by atoms with E-state index in [4.69, 9.17) is 0 Å². The van der Waals surface area contributed by atoms with E-state index in [1.807, 2.05) is 19.1 Å². The maximum Gasteiger partial charge on any atom is 0.243 e. The van der Waals surface area contributed by atoms with Crippen LogP contribution in [0.25, 0.3) is 0 Å². The first-order valence-electron chi connectivity index (χ1n) is 7.96. The highest BCUT2D eigenvalue weighted by Gasteiger charge is 2.11. The van der Waals surface area contributed by atoms with Crippen LogP contribution < -0.4 is 10.6 Å². The van der Waals surface area contributed by atoms with Gasteiger partial charge < -0.3 is 10.6 Å². The lowest BCUT2D eigenvalue weighted by molar-refractivity contribution is -0.124. The van der Waals surface area contributed by atoms with Gasteiger partial charge in [-0.15, -0.1) is 0 Å². The van der Waals surface area contributed by atoms with Gasteiger partial charge in [0.2, 0.25) is 11.8 Å². The minimum Gasteiger partial charge on any atom is -0.347 e. The zero-order valence-electron chi connectivity index (χ0n) is 14.1. The fourth-order valence-corrected chi connectivity index (χ4v) is 2.71. The van der Waals surface area contributed by atoms with Gasteiger partial charge in [-0.1, -0.05) is 15.9 Å². The number of carbonyl (C=O) groups is 3. The van der Waals surface area contributed by atoms with Gasteiger partial charge in [-0.2, -0.15) is 0 Å². The third-order valence-electron chi connectivity index (χ3n) is 3.65. The summed E-state index contributed by atoms with van der Waals surface area (Å²) in [5, 5.41) is 5.19. The minimum atomic E-state index is -0.425. The summed E-state index contributed by atoms with van der Waals surface area (Å²) >= 11 is 3.35. The molecule has 0 heterocycles. The SMILES string of the molecule is Cc1cc(Br)ccc1NC(=O)CNC(=O)CCC(=O)c1ccc(F)cc1. The zero-order valence-corrected chi connectivity index (χ0v) is 15.7. The molecule has 0 saturated heterocycles. The summed E-state index contributed by atoms with van der Waals surface area (Å²) in [5.41, 5.74) is 1.91. The Hall–Kier alpha value is -2.54. The second kappa shape index (κ2) is 9.24. The standard InChI is InChI=1S/C19H18BrFN2O3/c1-12-10-14(20)4-7-16(12)23-19(26)11-22-18(25)9-8-17(24)13-2-5-15(21)6-3-13/h2-7,10H,8-9,11H2,1H3,(H,22,25)(H,23,26). The molecule has 2 N–H and O–H groups in total. The van der Waals surface area contributed by atoms with Crippen molar-refractivity contribution in [3.05, 3.63) is 63.9 Å². The molecular formula is C19H18BrFN2O3. The van der Waals surface area contributed by atoms with Gasteiger partial charge in [0, 0.05) is 28.6 Å². The van der Waals surface area contributed by atoms with Crippen molar-refractivity contribution >= 4 is 39.2 Å². The molecule has 0 aromatic heterocycles. The molecule has 0 aliphatic carbocycles. The number of benzene rings is 2. The molecule has 26 heavy (non-hydrogen) atoms. The summed E-state index contributed by atoms with van der Waals surface area (Å²) in [6.07, 6.45) is -0.0499. The van der Waals surface area contributed by atoms with Crippen LogP contribution in [-0.2, 0) is 9.59 Å². The first-order chi connectivity index (χ1) is 12.3. The topological polar surface area (TPSA) is 75.3 Å². The maximum atomic E-state index is 12.8. The number of nitrogens with one attached hydrogen (secondary N) is 2. The largest absolute Gasteiger partial charge is 0.347 e. The molecule has 7 heteroatoms. The molecule has 0 saturated carbocycles. The summed E-state index contributed by atoms with van der Waals surface area (Å²) in [6, 6.07) is 10.6. The molecule has 2 amide bonds. The summed E-state index contributed by atoms with van der Waals surface area (Å²) in [7, 11) is 0. The number of hydrogen-bond donors (Lipinski definition) is 2. The predicted octanol–water partition coefficient (Wildman–Crippen LogP) is 3.61. The van der Waals surface area contributed by atoms with Gasteiger partial charge in [0.25, 0.3) is 0 Å². The third-order valence-corrected chi connectivity index (χ3v) is 4.15. The van der Waals surface area contributed by atoms with Gasteiger partial charge in [-0.05, 0) is 55.0 Å². The highest BCUT2D eigenvalue weighted by atomic mass is 79.9. The first kappa shape index (κ1) is 19.8. The lowest BCUT2D eigenvalue weighted by Gasteiger charge is -2.09. The molecule has 2 aromatic rings. The molecule has 0 radical (unpaired) electrons. The van der Waals surface area contributed by atoms with Crippen LogP contribution in [0.4, 0.5) is 10.1 Å². The van der Waals surface area contributed by atoms with Crippen LogP contribution in [0.5, 0.6) is 0 Å². The second-order valence-electron chi connectivity index (χ2n) is 5.71. The monoisotopic (exact) mass is 420 g/mol. The van der Waals surface area contributed by atoms with E-state index in [1.165, 1.54) is 24.3 Å². The van der Waals surface area contributed by atoms with Crippen LogP contribution in [0.3, 0.4) is 0 Å². The molecule has 0 fully saturated rings. The second-order valence-corrected chi connectivity index (χ2v) is 6.63. The summed E-state index contributed by atoms with van der Waals surface area (Å²) < 4.78 is 13.7. The van der Waals surface area contributed by atoms with Crippen molar-refractivity contribution in [2.24, 2.45) is 0 Å². The van der Waals surface area contributed by atoms with E-state index in [-0.39, 0.29) is 31.1 Å². The molecule has 0 spiro atoms. The lowest BCUT2D eigenvalue weighted by atomic mass is 10.1. The highest BCUT2D eigenvalue weighted by molar-refractivity contribution is 9.10. The van der Waals surface area contributed by atoms with Crippen molar-refractivity contribution in [2.75, 3.05) is 11.9 Å². The van der Waals surface area contributed by atoms with Crippen LogP contribution in [0.1, 0.15) is 28.8 Å². The Kier molecular flexibility index (Phi) is 7.03. The van der Waals surface area contributed by atoms with Crippen molar-refractivity contribution in [2.45, 2.75) is 19.8 Å². The Morgan fingerprint density at radius 2 is 1.69 bits per heavy atom. The van der Waals surface area contributed by atoms with Crippen LogP contribution in [-0.4, -0.2) is 24.1 Å². The number of halogens is 2. The number of Topliss-reactive ketones (excluding diaryl/α,β-unsaturated/α-hetero) is 1. The van der Waals surface area contributed by atoms with Crippen LogP contribution in [0, 0.1) is 12.7 Å². The molecule has 136 valence electrons. The fourth-order valence-electron chi connectivity index (χ4n) is 2.24. The van der Waals surface area contributed by atoms with Gasteiger partial charge in [-0.3, -0.25) is 14.4 Å². The number of rotatable bonds is 7. The Morgan fingerprint density at radius 1 is 1.00 bits per heavy atom. The number of carbonyl (C=O) groups excluding carboxylic acids is 3. The third kappa shape index (κ3) is 6.07. The average Bonchev–Trinajstić information content (AvgIpc) is 2.61. The summed E-state index contributed by atoms with van der Waals surface area (Å²) in [6.45, 7) is 1.68. The van der Waals surface area contributed by atoms with Gasteiger partial charge in [0.15, 0.2) is 5.78 Å². The molecule has 0 aliphatic heterocycles. The van der Waals surface area contributed by atoms with E-state index >= 15 is 0 Å². The van der Waals surface area contributed by atoms with Crippen LogP contribution >= 0.6 is 15.9 Å². The Balaban J connectivity index is 1.74. The highest BCUT2D eigenvalue weighted by Crippen LogP contribution is 2.19. The van der Waals surface area contributed by atoms with Crippen molar-refractivity contribution in [1.82, 2.24) is 5.32 Å². The van der Waals surface area contributed by atoms with Crippen molar-refractivity contribution in [3.63, 3.8) is 0 Å². The molecule has 2 aromatic carbocycles. The van der Waals surface area contributed by atoms with Crippen molar-refractivity contribution in [1.29, 1.82) is 0 Å². The van der Waals surface area contributed by atoms with E-state index < -0.39 is 11.7 Å². The van der Waals surface area contributed by atoms with E-state index in [2.05, 4.69) is 26.6 Å². The van der Waals surface area contributed by atoms with Gasteiger partial charge in [-0.25, -0.2) is 4.39 Å². The molecule has 0 bridgehead atoms. The number of ketones is 1. The van der Waals surface area contributed by atoms with Crippen LogP contribution in [0.2, 0.25) is 0 Å². The Bertz CT molecular complexity index is 822. The Labute approximate surface area is 159 Å². The molecule has 0 aliphatic rings.